The van der Waals surface area contributed by atoms with Gasteiger partial charge in [-0.05, 0) is 92.8 Å². The van der Waals surface area contributed by atoms with Gasteiger partial charge in [-0.3, -0.25) is 9.69 Å². The molecule has 3 aliphatic rings. The first-order chi connectivity index (χ1) is 24.6. The monoisotopic (exact) mass is 781 g/mol. The van der Waals surface area contributed by atoms with Crippen LogP contribution in [0.2, 0.25) is 0 Å². The van der Waals surface area contributed by atoms with Crippen LogP contribution in [0.4, 0.5) is 22.4 Å². The van der Waals surface area contributed by atoms with Crippen LogP contribution < -0.4 is 15.4 Å². The van der Waals surface area contributed by atoms with Crippen LogP contribution in [0.1, 0.15) is 56.2 Å². The molecular formula is C38H38Cl3F4N3O4. The SMILES string of the molecule is CC(C)(OC(=O)N1C2CNC[C@@H]1C(C(=O)NC1(Cc3ccccc3F)CC1)=C(c1ccc(CCCOc3c(F)ccc(F)c3F)cc1)C2)C(Cl)(Cl)Cl. The van der Waals surface area contributed by atoms with Crippen LogP contribution in [0.3, 0.4) is 0 Å². The van der Waals surface area contributed by atoms with E-state index in [1.165, 1.54) is 19.9 Å². The van der Waals surface area contributed by atoms with E-state index in [-0.39, 0.29) is 24.9 Å². The number of nitrogens with one attached hydrogen (secondary N) is 2. The summed E-state index contributed by atoms with van der Waals surface area (Å²) in [4.78, 5) is 29.8. The Morgan fingerprint density at radius 3 is 2.31 bits per heavy atom. The van der Waals surface area contributed by atoms with Crippen LogP contribution in [0, 0.1) is 23.3 Å². The Hall–Kier alpha value is -3.51. The number of hydrogen-bond acceptors (Lipinski definition) is 5. The minimum absolute atomic E-state index is 0.0411. The fourth-order valence-electron chi connectivity index (χ4n) is 6.74. The predicted octanol–water partition coefficient (Wildman–Crippen LogP) is 8.23. The Labute approximate surface area is 314 Å². The fraction of sp³-hybridized carbons (Fsp3) is 0.421. The van der Waals surface area contributed by atoms with Crippen molar-refractivity contribution in [2.45, 2.75) is 79.4 Å². The van der Waals surface area contributed by atoms with Crippen LogP contribution in [-0.2, 0) is 22.4 Å². The minimum atomic E-state index is -1.92. The molecule has 6 rings (SSSR count). The molecule has 278 valence electrons. The zero-order chi connectivity index (χ0) is 37.4. The molecule has 3 aromatic rings. The van der Waals surface area contributed by atoms with Crippen molar-refractivity contribution in [3.05, 3.63) is 106 Å². The van der Waals surface area contributed by atoms with Crippen molar-refractivity contribution in [2.24, 2.45) is 0 Å². The minimum Gasteiger partial charge on any atom is -0.488 e. The van der Waals surface area contributed by atoms with Crippen molar-refractivity contribution >= 4 is 52.4 Å². The van der Waals surface area contributed by atoms with Gasteiger partial charge in [-0.1, -0.05) is 77.3 Å². The maximum Gasteiger partial charge on any atom is 0.411 e. The molecular weight excluding hydrogens is 745 g/mol. The summed E-state index contributed by atoms with van der Waals surface area (Å²) < 4.78 is 65.1. The summed E-state index contributed by atoms with van der Waals surface area (Å²) in [6, 6.07) is 14.4. The first-order valence-corrected chi connectivity index (χ1v) is 18.2. The van der Waals surface area contributed by atoms with E-state index in [4.69, 9.17) is 44.3 Å². The molecule has 1 aliphatic carbocycles. The highest BCUT2D eigenvalue weighted by atomic mass is 35.6. The third-order valence-electron chi connectivity index (χ3n) is 9.90. The molecule has 0 aromatic heterocycles. The molecule has 2 N–H and O–H groups in total. The number of amides is 2. The number of carbonyl (C=O) groups excluding carboxylic acids is 2. The maximum atomic E-state index is 14.6. The zero-order valence-corrected chi connectivity index (χ0v) is 30.8. The second-order valence-corrected chi connectivity index (χ2v) is 16.3. The summed E-state index contributed by atoms with van der Waals surface area (Å²) in [6.45, 7) is 3.64. The largest absolute Gasteiger partial charge is 0.488 e. The van der Waals surface area contributed by atoms with Crippen molar-refractivity contribution < 1.29 is 36.6 Å². The molecule has 1 saturated heterocycles. The number of benzene rings is 3. The van der Waals surface area contributed by atoms with E-state index in [1.54, 1.807) is 23.1 Å². The third-order valence-corrected chi connectivity index (χ3v) is 11.3. The summed E-state index contributed by atoms with van der Waals surface area (Å²) in [6.07, 6.45) is 2.14. The first-order valence-electron chi connectivity index (χ1n) is 17.0. The Bertz CT molecular complexity index is 1860. The summed E-state index contributed by atoms with van der Waals surface area (Å²) in [5.74, 6) is -5.00. The Balaban J connectivity index is 1.25. The van der Waals surface area contributed by atoms with Crippen LogP contribution in [0.15, 0.2) is 66.2 Å². The average Bonchev–Trinajstić information content (AvgIpc) is 3.84. The highest BCUT2D eigenvalue weighted by Crippen LogP contribution is 2.44. The molecule has 0 radical (unpaired) electrons. The quantitative estimate of drug-likeness (QED) is 0.0888. The van der Waals surface area contributed by atoms with E-state index in [0.29, 0.717) is 62.3 Å². The van der Waals surface area contributed by atoms with Crippen molar-refractivity contribution in [3.63, 3.8) is 0 Å². The lowest BCUT2D eigenvalue weighted by molar-refractivity contribution is -0.119. The maximum absolute atomic E-state index is 14.6. The van der Waals surface area contributed by atoms with E-state index in [9.17, 15) is 27.2 Å². The average molecular weight is 783 g/mol. The van der Waals surface area contributed by atoms with Crippen molar-refractivity contribution in [3.8, 4) is 5.75 Å². The van der Waals surface area contributed by atoms with Gasteiger partial charge in [0.1, 0.15) is 5.82 Å². The fourth-order valence-corrected chi connectivity index (χ4v) is 6.85. The Kier molecular flexibility index (Phi) is 11.1. The van der Waals surface area contributed by atoms with Gasteiger partial charge >= 0.3 is 6.09 Å². The van der Waals surface area contributed by atoms with Crippen molar-refractivity contribution in [1.82, 2.24) is 15.5 Å². The summed E-state index contributed by atoms with van der Waals surface area (Å²) >= 11 is 18.4. The van der Waals surface area contributed by atoms with Gasteiger partial charge in [0.25, 0.3) is 0 Å². The molecule has 2 aliphatic heterocycles. The predicted molar refractivity (Wildman–Crippen MR) is 191 cm³/mol. The normalized spacial score (nSPS) is 19.7. The lowest BCUT2D eigenvalue weighted by Crippen LogP contribution is -2.64. The number of rotatable bonds is 11. The molecule has 2 atom stereocenters. The number of carbonyl (C=O) groups is 2. The molecule has 2 amide bonds. The third kappa shape index (κ3) is 8.17. The standard InChI is InChI=1S/C38H38Cl3F4N3O4/c1-36(2,38(39,40)41)52-35(50)48-25-18-26(23-11-9-22(10-12-23)6-5-17-51-33-29(44)14-13-28(43)32(33)45)31(30(48)21-46-20-25)34(49)47-37(15-16-37)19-24-7-3-4-8-27(24)42/h3-4,7-14,25,30,46H,5-6,15-21H2,1-2H3,(H,47,49)/t25?,30-/m1/s1. The molecule has 3 aromatic carbocycles. The van der Waals surface area contributed by atoms with Crippen LogP contribution in [-0.4, -0.2) is 63.6 Å². The van der Waals surface area contributed by atoms with Crippen LogP contribution in [0.25, 0.3) is 5.57 Å². The second-order valence-electron chi connectivity index (χ2n) is 14.0. The lowest BCUT2D eigenvalue weighted by atomic mass is 9.81. The van der Waals surface area contributed by atoms with Crippen LogP contribution >= 0.6 is 34.8 Å². The van der Waals surface area contributed by atoms with Crippen LogP contribution in [0.5, 0.6) is 5.75 Å². The highest BCUT2D eigenvalue weighted by Gasteiger charge is 2.51. The number of fused-ring (bicyclic) bond motifs is 2. The number of alkyl halides is 3. The van der Waals surface area contributed by atoms with Gasteiger partial charge in [0.2, 0.25) is 15.5 Å². The molecule has 2 heterocycles. The van der Waals surface area contributed by atoms with Crippen molar-refractivity contribution in [2.75, 3.05) is 19.7 Å². The Morgan fingerprint density at radius 2 is 1.63 bits per heavy atom. The smallest absolute Gasteiger partial charge is 0.411 e. The van der Waals surface area contributed by atoms with Gasteiger partial charge in [0, 0.05) is 24.2 Å². The number of piperazine rings is 1. The van der Waals surface area contributed by atoms with E-state index >= 15 is 0 Å². The van der Waals surface area contributed by atoms with E-state index in [2.05, 4.69) is 10.6 Å². The van der Waals surface area contributed by atoms with Gasteiger partial charge < -0.3 is 20.1 Å². The molecule has 2 fully saturated rings. The molecule has 52 heavy (non-hydrogen) atoms. The van der Waals surface area contributed by atoms with Gasteiger partial charge in [0.05, 0.1) is 18.7 Å². The molecule has 14 heteroatoms. The highest BCUT2D eigenvalue weighted by molar-refractivity contribution is 6.68. The van der Waals surface area contributed by atoms with Gasteiger partial charge in [0.15, 0.2) is 23.0 Å². The molecule has 2 bridgehead atoms. The van der Waals surface area contributed by atoms with Gasteiger partial charge in [-0.25, -0.2) is 18.0 Å². The number of nitrogens with zero attached hydrogens (tertiary/aromatic N) is 1. The molecule has 1 unspecified atom stereocenters. The van der Waals surface area contributed by atoms with Crippen molar-refractivity contribution in [1.29, 1.82) is 0 Å². The number of aryl methyl sites for hydroxylation is 1. The summed E-state index contributed by atoms with van der Waals surface area (Å²) in [5, 5.41) is 6.53. The number of ether oxygens (including phenoxy) is 2. The molecule has 7 nitrogen and oxygen atoms in total. The number of hydrogen-bond donors (Lipinski definition) is 2. The lowest BCUT2D eigenvalue weighted by Gasteiger charge is -2.48. The number of halogens is 7. The molecule has 0 spiro atoms. The first kappa shape index (κ1) is 38.2. The summed E-state index contributed by atoms with van der Waals surface area (Å²) in [5.41, 5.74) is 1.20. The summed E-state index contributed by atoms with van der Waals surface area (Å²) in [7, 11) is 0. The van der Waals surface area contributed by atoms with E-state index < -0.39 is 56.3 Å². The van der Waals surface area contributed by atoms with E-state index in [0.717, 1.165) is 22.8 Å². The zero-order valence-electron chi connectivity index (χ0n) is 28.5. The van der Waals surface area contributed by atoms with Gasteiger partial charge in [-0.2, -0.15) is 4.39 Å². The van der Waals surface area contributed by atoms with Gasteiger partial charge in [-0.15, -0.1) is 0 Å². The second kappa shape index (κ2) is 15.1. The topological polar surface area (TPSA) is 79.9 Å². The van der Waals surface area contributed by atoms with E-state index in [1.807, 2.05) is 24.3 Å². The molecule has 1 saturated carbocycles. The Morgan fingerprint density at radius 1 is 0.942 bits per heavy atom.